The SMILES string of the molecule is CCN(CC)CC(=O)Nc1ccc(Cl)c(Cl)c1. The Bertz CT molecular complexity index is 392. The van der Waals surface area contributed by atoms with Crippen LogP contribution in [0.15, 0.2) is 18.2 Å². The molecule has 0 aliphatic rings. The fraction of sp³-hybridized carbons (Fsp3) is 0.417. The molecule has 5 heteroatoms. The van der Waals surface area contributed by atoms with Gasteiger partial charge in [0.2, 0.25) is 5.91 Å². The Hall–Kier alpha value is -0.770. The maximum atomic E-state index is 11.7. The number of hydrogen-bond acceptors (Lipinski definition) is 2. The van der Waals surface area contributed by atoms with Crippen LogP contribution in [0.3, 0.4) is 0 Å². The van der Waals surface area contributed by atoms with E-state index in [4.69, 9.17) is 23.2 Å². The molecule has 0 aliphatic heterocycles. The Kier molecular flexibility index (Phi) is 5.75. The van der Waals surface area contributed by atoms with Crippen molar-refractivity contribution in [3.63, 3.8) is 0 Å². The lowest BCUT2D eigenvalue weighted by Gasteiger charge is -2.17. The third-order valence-electron chi connectivity index (χ3n) is 2.46. The Labute approximate surface area is 112 Å². The van der Waals surface area contributed by atoms with E-state index in [0.29, 0.717) is 22.3 Å². The van der Waals surface area contributed by atoms with E-state index >= 15 is 0 Å². The Balaban J connectivity index is 2.58. The van der Waals surface area contributed by atoms with Crippen molar-refractivity contribution in [3.05, 3.63) is 28.2 Å². The summed E-state index contributed by atoms with van der Waals surface area (Å²) in [7, 11) is 0. The average Bonchev–Trinajstić information content (AvgIpc) is 2.31. The van der Waals surface area contributed by atoms with Crippen LogP contribution >= 0.6 is 23.2 Å². The van der Waals surface area contributed by atoms with Gasteiger partial charge in [0, 0.05) is 5.69 Å². The van der Waals surface area contributed by atoms with E-state index in [1.165, 1.54) is 0 Å². The van der Waals surface area contributed by atoms with Gasteiger partial charge in [-0.2, -0.15) is 0 Å². The van der Waals surface area contributed by atoms with Gasteiger partial charge in [0.05, 0.1) is 16.6 Å². The molecule has 0 bridgehead atoms. The number of amides is 1. The van der Waals surface area contributed by atoms with Crippen LogP contribution in [0.4, 0.5) is 5.69 Å². The zero-order valence-corrected chi connectivity index (χ0v) is 11.5. The summed E-state index contributed by atoms with van der Waals surface area (Å²) in [6.07, 6.45) is 0. The van der Waals surface area contributed by atoms with Crippen LogP contribution < -0.4 is 5.32 Å². The lowest BCUT2D eigenvalue weighted by molar-refractivity contribution is -0.117. The Morgan fingerprint density at radius 2 is 1.88 bits per heavy atom. The van der Waals surface area contributed by atoms with Gasteiger partial charge in [-0.15, -0.1) is 0 Å². The molecule has 0 saturated heterocycles. The number of anilines is 1. The van der Waals surface area contributed by atoms with Gasteiger partial charge in [-0.3, -0.25) is 9.69 Å². The minimum Gasteiger partial charge on any atom is -0.325 e. The monoisotopic (exact) mass is 274 g/mol. The van der Waals surface area contributed by atoms with Crippen molar-refractivity contribution < 1.29 is 4.79 Å². The molecular formula is C12H16Cl2N2O. The highest BCUT2D eigenvalue weighted by Gasteiger charge is 2.08. The van der Waals surface area contributed by atoms with Crippen LogP contribution in [-0.2, 0) is 4.79 Å². The lowest BCUT2D eigenvalue weighted by Crippen LogP contribution is -2.32. The Morgan fingerprint density at radius 1 is 1.24 bits per heavy atom. The van der Waals surface area contributed by atoms with Gasteiger partial charge in [0.1, 0.15) is 0 Å². The third-order valence-corrected chi connectivity index (χ3v) is 3.20. The molecule has 0 spiro atoms. The zero-order chi connectivity index (χ0) is 12.8. The van der Waals surface area contributed by atoms with E-state index in [1.54, 1.807) is 18.2 Å². The van der Waals surface area contributed by atoms with E-state index < -0.39 is 0 Å². The highest BCUT2D eigenvalue weighted by atomic mass is 35.5. The van der Waals surface area contributed by atoms with Gasteiger partial charge in [-0.05, 0) is 31.3 Å². The molecule has 17 heavy (non-hydrogen) atoms. The van der Waals surface area contributed by atoms with Crippen LogP contribution in [0.25, 0.3) is 0 Å². The zero-order valence-electron chi connectivity index (χ0n) is 9.96. The third kappa shape index (κ3) is 4.54. The number of likely N-dealkylation sites (N-methyl/N-ethyl adjacent to an activating group) is 1. The van der Waals surface area contributed by atoms with E-state index in [0.717, 1.165) is 13.1 Å². The van der Waals surface area contributed by atoms with Crippen LogP contribution in [0, 0.1) is 0 Å². The molecule has 1 N–H and O–H groups in total. The molecule has 1 aromatic rings. The summed E-state index contributed by atoms with van der Waals surface area (Å²) in [6.45, 7) is 6.13. The molecule has 0 fully saturated rings. The second kappa shape index (κ2) is 6.84. The highest BCUT2D eigenvalue weighted by molar-refractivity contribution is 6.42. The van der Waals surface area contributed by atoms with Crippen molar-refractivity contribution in [1.82, 2.24) is 4.90 Å². The van der Waals surface area contributed by atoms with Crippen LogP contribution in [-0.4, -0.2) is 30.4 Å². The lowest BCUT2D eigenvalue weighted by atomic mass is 10.3. The number of nitrogens with one attached hydrogen (secondary N) is 1. The summed E-state index contributed by atoms with van der Waals surface area (Å²) < 4.78 is 0. The summed E-state index contributed by atoms with van der Waals surface area (Å²) in [4.78, 5) is 13.7. The number of halogens is 2. The van der Waals surface area contributed by atoms with Crippen molar-refractivity contribution in [1.29, 1.82) is 0 Å². The number of rotatable bonds is 5. The first-order valence-electron chi connectivity index (χ1n) is 5.54. The standard InChI is InChI=1S/C12H16Cl2N2O/c1-3-16(4-2)8-12(17)15-9-5-6-10(13)11(14)7-9/h5-7H,3-4,8H2,1-2H3,(H,15,17). The summed E-state index contributed by atoms with van der Waals surface area (Å²) in [6, 6.07) is 5.04. The molecule has 0 unspecified atom stereocenters. The quantitative estimate of drug-likeness (QED) is 0.894. The number of carbonyl (C=O) groups is 1. The van der Waals surface area contributed by atoms with Crippen molar-refractivity contribution >= 4 is 34.8 Å². The van der Waals surface area contributed by atoms with Gasteiger partial charge < -0.3 is 5.32 Å². The first-order valence-corrected chi connectivity index (χ1v) is 6.29. The molecule has 0 heterocycles. The number of carbonyl (C=O) groups excluding carboxylic acids is 1. The van der Waals surface area contributed by atoms with Crippen molar-refractivity contribution in [3.8, 4) is 0 Å². The number of hydrogen-bond donors (Lipinski definition) is 1. The second-order valence-electron chi connectivity index (χ2n) is 3.64. The largest absolute Gasteiger partial charge is 0.325 e. The molecule has 94 valence electrons. The summed E-state index contributed by atoms with van der Waals surface area (Å²) in [5.74, 6) is -0.0490. The van der Waals surface area contributed by atoms with Crippen molar-refractivity contribution in [2.75, 3.05) is 25.0 Å². The summed E-state index contributed by atoms with van der Waals surface area (Å²) >= 11 is 11.7. The number of nitrogens with zero attached hydrogens (tertiary/aromatic N) is 1. The molecule has 0 aliphatic carbocycles. The topological polar surface area (TPSA) is 32.3 Å². The number of benzene rings is 1. The molecule has 1 aromatic carbocycles. The molecule has 1 amide bonds. The predicted octanol–water partition coefficient (Wildman–Crippen LogP) is 3.27. The fourth-order valence-corrected chi connectivity index (χ4v) is 1.72. The predicted molar refractivity (Wildman–Crippen MR) is 72.9 cm³/mol. The fourth-order valence-electron chi connectivity index (χ4n) is 1.42. The average molecular weight is 275 g/mol. The van der Waals surface area contributed by atoms with Gasteiger partial charge in [-0.25, -0.2) is 0 Å². The second-order valence-corrected chi connectivity index (χ2v) is 4.45. The molecule has 0 atom stereocenters. The minimum absolute atomic E-state index is 0.0490. The molecule has 0 aromatic heterocycles. The highest BCUT2D eigenvalue weighted by Crippen LogP contribution is 2.24. The normalized spacial score (nSPS) is 10.6. The molecule has 1 rings (SSSR count). The molecule has 0 radical (unpaired) electrons. The van der Waals surface area contributed by atoms with E-state index in [1.807, 2.05) is 18.7 Å². The van der Waals surface area contributed by atoms with E-state index in [2.05, 4.69) is 5.32 Å². The van der Waals surface area contributed by atoms with Gasteiger partial charge in [-0.1, -0.05) is 37.0 Å². The molecular weight excluding hydrogens is 259 g/mol. The van der Waals surface area contributed by atoms with Gasteiger partial charge in [0.15, 0.2) is 0 Å². The molecule has 0 saturated carbocycles. The maximum absolute atomic E-state index is 11.7. The first-order chi connectivity index (χ1) is 8.06. The maximum Gasteiger partial charge on any atom is 0.238 e. The van der Waals surface area contributed by atoms with Crippen LogP contribution in [0.5, 0.6) is 0 Å². The van der Waals surface area contributed by atoms with E-state index in [-0.39, 0.29) is 5.91 Å². The van der Waals surface area contributed by atoms with Gasteiger partial charge in [0.25, 0.3) is 0 Å². The van der Waals surface area contributed by atoms with Crippen molar-refractivity contribution in [2.45, 2.75) is 13.8 Å². The summed E-state index contributed by atoms with van der Waals surface area (Å²) in [5.41, 5.74) is 0.663. The Morgan fingerprint density at radius 3 is 2.41 bits per heavy atom. The van der Waals surface area contributed by atoms with Crippen LogP contribution in [0.1, 0.15) is 13.8 Å². The first kappa shape index (κ1) is 14.3. The van der Waals surface area contributed by atoms with Crippen LogP contribution in [0.2, 0.25) is 10.0 Å². The van der Waals surface area contributed by atoms with Crippen molar-refractivity contribution in [2.24, 2.45) is 0 Å². The minimum atomic E-state index is -0.0490. The van der Waals surface area contributed by atoms with Gasteiger partial charge >= 0.3 is 0 Å². The summed E-state index contributed by atoms with van der Waals surface area (Å²) in [5, 5.41) is 3.70. The smallest absolute Gasteiger partial charge is 0.238 e. The molecule has 3 nitrogen and oxygen atoms in total. The van der Waals surface area contributed by atoms with E-state index in [9.17, 15) is 4.79 Å².